The van der Waals surface area contributed by atoms with Gasteiger partial charge in [0.25, 0.3) is 0 Å². The molecule has 2 aliphatic rings. The molecule has 0 bridgehead atoms. The second kappa shape index (κ2) is 7.18. The molecule has 30 heavy (non-hydrogen) atoms. The maximum atomic E-state index is 12.9. The Morgan fingerprint density at radius 1 is 1.07 bits per heavy atom. The fourth-order valence-corrected chi connectivity index (χ4v) is 5.61. The Morgan fingerprint density at radius 3 is 2.47 bits per heavy atom. The SMILES string of the molecule is CC1C(=O)C(C#N)CC2(c3ccccc3)c3nc(-c4ccccc4)ncc3CCC12. The van der Waals surface area contributed by atoms with E-state index in [1.165, 1.54) is 0 Å². The van der Waals surface area contributed by atoms with E-state index in [2.05, 4.69) is 23.2 Å². The van der Waals surface area contributed by atoms with E-state index >= 15 is 0 Å². The van der Waals surface area contributed by atoms with E-state index in [9.17, 15) is 10.1 Å². The number of aryl methyl sites for hydroxylation is 1. The van der Waals surface area contributed by atoms with Crippen LogP contribution in [0.4, 0.5) is 0 Å². The summed E-state index contributed by atoms with van der Waals surface area (Å²) in [5.74, 6) is 0.116. The van der Waals surface area contributed by atoms with E-state index in [1.54, 1.807) is 0 Å². The van der Waals surface area contributed by atoms with Gasteiger partial charge in [-0.05, 0) is 36.3 Å². The summed E-state index contributed by atoms with van der Waals surface area (Å²) in [6, 6.07) is 22.6. The van der Waals surface area contributed by atoms with E-state index in [0.717, 1.165) is 35.2 Å². The number of hydrogen-bond donors (Lipinski definition) is 0. The van der Waals surface area contributed by atoms with Gasteiger partial charge < -0.3 is 0 Å². The summed E-state index contributed by atoms with van der Waals surface area (Å²) in [5, 5.41) is 9.81. The number of aromatic nitrogens is 2. The van der Waals surface area contributed by atoms with Gasteiger partial charge in [-0.3, -0.25) is 4.79 Å². The predicted molar refractivity (Wildman–Crippen MR) is 114 cm³/mol. The Hall–Kier alpha value is -3.32. The normalized spacial score (nSPS) is 27.6. The maximum absolute atomic E-state index is 12.9. The number of benzene rings is 2. The minimum absolute atomic E-state index is 0.0786. The number of carbonyl (C=O) groups excluding carboxylic acids is 1. The van der Waals surface area contributed by atoms with Crippen LogP contribution in [-0.4, -0.2) is 15.8 Å². The molecule has 4 heteroatoms. The number of fused-ring (bicyclic) bond motifs is 3. The second-order valence-corrected chi connectivity index (χ2v) is 8.49. The summed E-state index contributed by atoms with van der Waals surface area (Å²) in [6.45, 7) is 2.00. The van der Waals surface area contributed by atoms with Gasteiger partial charge in [-0.2, -0.15) is 5.26 Å². The Balaban J connectivity index is 1.77. The molecule has 0 amide bonds. The van der Waals surface area contributed by atoms with Crippen LogP contribution in [0, 0.1) is 29.1 Å². The van der Waals surface area contributed by atoms with Crippen LogP contribution in [0.3, 0.4) is 0 Å². The lowest BCUT2D eigenvalue weighted by Gasteiger charge is -2.51. The molecule has 1 saturated carbocycles. The number of nitriles is 1. The highest BCUT2D eigenvalue weighted by molar-refractivity contribution is 5.87. The maximum Gasteiger partial charge on any atom is 0.159 e. The average molecular weight is 393 g/mol. The summed E-state index contributed by atoms with van der Waals surface area (Å²) in [7, 11) is 0. The highest BCUT2D eigenvalue weighted by Crippen LogP contribution is 2.55. The van der Waals surface area contributed by atoms with Crippen LogP contribution in [0.1, 0.15) is 36.6 Å². The minimum atomic E-state index is -0.613. The van der Waals surface area contributed by atoms with Crippen molar-refractivity contribution in [3.63, 3.8) is 0 Å². The molecule has 4 atom stereocenters. The van der Waals surface area contributed by atoms with Crippen LogP contribution >= 0.6 is 0 Å². The van der Waals surface area contributed by atoms with E-state index in [-0.39, 0.29) is 17.6 Å². The number of carbonyl (C=O) groups is 1. The molecular weight excluding hydrogens is 370 g/mol. The van der Waals surface area contributed by atoms with Gasteiger partial charge in [0.15, 0.2) is 11.6 Å². The monoisotopic (exact) mass is 393 g/mol. The third-order valence-electron chi connectivity index (χ3n) is 7.04. The smallest absolute Gasteiger partial charge is 0.159 e. The number of Topliss-reactive ketones (excluding diaryl/α,β-unsaturated/α-hetero) is 1. The number of hydrogen-bond acceptors (Lipinski definition) is 4. The lowest BCUT2D eigenvalue weighted by atomic mass is 9.51. The number of ketones is 1. The summed E-state index contributed by atoms with van der Waals surface area (Å²) in [5.41, 5.74) is 3.80. The zero-order chi connectivity index (χ0) is 20.7. The Kier molecular flexibility index (Phi) is 4.47. The van der Waals surface area contributed by atoms with Crippen molar-refractivity contribution in [2.24, 2.45) is 17.8 Å². The molecule has 0 radical (unpaired) electrons. The highest BCUT2D eigenvalue weighted by Gasteiger charge is 2.56. The van der Waals surface area contributed by atoms with Crippen molar-refractivity contribution in [1.82, 2.24) is 9.97 Å². The first-order valence-corrected chi connectivity index (χ1v) is 10.6. The topological polar surface area (TPSA) is 66.6 Å². The largest absolute Gasteiger partial charge is 0.298 e. The fraction of sp³-hybridized carbons (Fsp3) is 0.308. The molecule has 148 valence electrons. The van der Waals surface area contributed by atoms with Gasteiger partial charge in [-0.15, -0.1) is 0 Å². The van der Waals surface area contributed by atoms with Gasteiger partial charge in [-0.1, -0.05) is 67.6 Å². The number of rotatable bonds is 2. The molecule has 3 aromatic rings. The van der Waals surface area contributed by atoms with Crippen molar-refractivity contribution in [2.75, 3.05) is 0 Å². The molecule has 0 spiro atoms. The van der Waals surface area contributed by atoms with Gasteiger partial charge in [0.1, 0.15) is 5.92 Å². The Bertz CT molecular complexity index is 1140. The van der Waals surface area contributed by atoms with Crippen LogP contribution < -0.4 is 0 Å². The van der Waals surface area contributed by atoms with Crippen molar-refractivity contribution in [1.29, 1.82) is 5.26 Å². The van der Waals surface area contributed by atoms with Crippen LogP contribution in [0.25, 0.3) is 11.4 Å². The zero-order valence-electron chi connectivity index (χ0n) is 17.0. The predicted octanol–water partition coefficient (Wildman–Crippen LogP) is 4.74. The third-order valence-corrected chi connectivity index (χ3v) is 7.04. The Morgan fingerprint density at radius 2 is 1.77 bits per heavy atom. The lowest BCUT2D eigenvalue weighted by molar-refractivity contribution is -0.131. The zero-order valence-corrected chi connectivity index (χ0v) is 17.0. The molecule has 0 N–H and O–H groups in total. The van der Waals surface area contributed by atoms with E-state index in [0.29, 0.717) is 12.2 Å². The molecule has 0 saturated heterocycles. The first-order chi connectivity index (χ1) is 14.6. The minimum Gasteiger partial charge on any atom is -0.298 e. The second-order valence-electron chi connectivity index (χ2n) is 8.49. The standard InChI is InChI=1S/C26H23N3O/c1-17-22-13-12-19-16-28-25(18-8-4-2-5-9-18)29-24(19)26(22,14-20(15-27)23(17)30)21-10-6-3-7-11-21/h2-11,16-17,20,22H,12-14H2,1H3. The van der Waals surface area contributed by atoms with E-state index in [1.807, 2.05) is 61.7 Å². The van der Waals surface area contributed by atoms with Gasteiger partial charge >= 0.3 is 0 Å². The molecular formula is C26H23N3O. The van der Waals surface area contributed by atoms with Gasteiger partial charge in [0, 0.05) is 23.1 Å². The van der Waals surface area contributed by atoms with Crippen LogP contribution in [-0.2, 0) is 16.6 Å². The number of nitrogens with zero attached hydrogens (tertiary/aromatic N) is 3. The quantitative estimate of drug-likeness (QED) is 0.631. The van der Waals surface area contributed by atoms with Crippen molar-refractivity contribution < 1.29 is 4.79 Å². The van der Waals surface area contributed by atoms with E-state index < -0.39 is 11.3 Å². The molecule has 1 fully saturated rings. The molecule has 1 heterocycles. The molecule has 5 rings (SSSR count). The van der Waals surface area contributed by atoms with Crippen molar-refractivity contribution in [3.8, 4) is 17.5 Å². The van der Waals surface area contributed by atoms with Gasteiger partial charge in [-0.25, -0.2) is 9.97 Å². The molecule has 4 nitrogen and oxygen atoms in total. The molecule has 2 aromatic carbocycles. The lowest BCUT2D eigenvalue weighted by Crippen LogP contribution is -2.53. The molecule has 2 aliphatic carbocycles. The van der Waals surface area contributed by atoms with Crippen LogP contribution in [0.15, 0.2) is 66.9 Å². The fourth-order valence-electron chi connectivity index (χ4n) is 5.61. The Labute approximate surface area is 176 Å². The van der Waals surface area contributed by atoms with Crippen molar-refractivity contribution in [3.05, 3.63) is 83.7 Å². The first kappa shape index (κ1) is 18.7. The average Bonchev–Trinajstić information content (AvgIpc) is 2.82. The van der Waals surface area contributed by atoms with Gasteiger partial charge in [0.2, 0.25) is 0 Å². The van der Waals surface area contributed by atoms with Gasteiger partial charge in [0.05, 0.1) is 11.8 Å². The summed E-state index contributed by atoms with van der Waals surface area (Å²) < 4.78 is 0. The molecule has 1 aromatic heterocycles. The molecule has 4 unspecified atom stereocenters. The van der Waals surface area contributed by atoms with Crippen molar-refractivity contribution >= 4 is 5.78 Å². The summed E-state index contributed by atoms with van der Waals surface area (Å²) in [4.78, 5) is 22.7. The van der Waals surface area contributed by atoms with Crippen LogP contribution in [0.5, 0.6) is 0 Å². The highest BCUT2D eigenvalue weighted by atomic mass is 16.1. The van der Waals surface area contributed by atoms with Crippen molar-refractivity contribution in [2.45, 2.75) is 31.6 Å². The molecule has 0 aliphatic heterocycles. The van der Waals surface area contributed by atoms with E-state index in [4.69, 9.17) is 4.98 Å². The first-order valence-electron chi connectivity index (χ1n) is 10.6. The summed E-state index contributed by atoms with van der Waals surface area (Å²) in [6.07, 6.45) is 4.20. The third kappa shape index (κ3) is 2.69. The van der Waals surface area contributed by atoms with Crippen LogP contribution in [0.2, 0.25) is 0 Å². The summed E-state index contributed by atoms with van der Waals surface area (Å²) >= 11 is 0.